The van der Waals surface area contributed by atoms with Gasteiger partial charge in [0.1, 0.15) is 0 Å². The highest BCUT2D eigenvalue weighted by molar-refractivity contribution is 6.60. The van der Waals surface area contributed by atoms with Crippen molar-refractivity contribution in [2.45, 2.75) is 253 Å². The maximum absolute atomic E-state index is 6.19. The Hall–Kier alpha value is 0.347. The first-order chi connectivity index (χ1) is 23.5. The molecule has 0 aliphatic carbocycles. The van der Waals surface area contributed by atoms with Crippen LogP contribution in [0.4, 0.5) is 0 Å². The molecule has 0 amide bonds. The zero-order valence-electron chi connectivity index (χ0n) is 34.8. The summed E-state index contributed by atoms with van der Waals surface area (Å²) >= 11 is 0. The van der Waals surface area contributed by atoms with E-state index in [1.807, 2.05) is 0 Å². The van der Waals surface area contributed by atoms with Crippen molar-refractivity contribution in [1.29, 1.82) is 0 Å². The highest BCUT2D eigenvalue weighted by Gasteiger charge is 2.40. The third kappa shape index (κ3) is 31.6. The smallest absolute Gasteiger partial charge is 0.374 e. The molecule has 0 aromatic rings. The molecule has 0 aliphatic rings. The topological polar surface area (TPSA) is 30.9 Å². The third-order valence-electron chi connectivity index (χ3n) is 10.6. The van der Waals surface area contributed by atoms with Crippen LogP contribution in [0.15, 0.2) is 0 Å². The number of nitrogens with zero attached hydrogens (tertiary/aromatic N) is 1. The van der Waals surface area contributed by atoms with E-state index < -0.39 is 8.80 Å². The van der Waals surface area contributed by atoms with Crippen LogP contribution in [-0.2, 0) is 13.3 Å². The van der Waals surface area contributed by atoms with Crippen LogP contribution in [0.5, 0.6) is 0 Å². The number of unbranched alkanes of at least 4 members (excludes halogenated alkanes) is 24. The Morgan fingerprint density at radius 1 is 0.388 bits per heavy atom. The van der Waals surface area contributed by atoms with Gasteiger partial charge in [-0.1, -0.05) is 181 Å². The monoisotopic (exact) mass is 734 g/mol. The fraction of sp³-hybridized carbons (Fsp3) is 1.00. The summed E-state index contributed by atoms with van der Waals surface area (Å²) in [7, 11) is -2.58. The van der Waals surface area contributed by atoms with E-state index in [2.05, 4.69) is 53.4 Å². The van der Waals surface area contributed by atoms with Gasteiger partial charge in [0, 0.05) is 37.9 Å². The van der Waals surface area contributed by atoms with E-state index in [0.717, 1.165) is 19.0 Å². The fourth-order valence-electron chi connectivity index (χ4n) is 7.60. The Morgan fingerprint density at radius 3 is 0.918 bits per heavy atom. The summed E-state index contributed by atoms with van der Waals surface area (Å²) in [5.41, 5.74) is 0. The van der Waals surface area contributed by atoms with E-state index in [0.29, 0.717) is 31.9 Å². The van der Waals surface area contributed by atoms with Crippen LogP contribution in [0.25, 0.3) is 0 Å². The van der Waals surface area contributed by atoms with Gasteiger partial charge in [0.15, 0.2) is 0 Å². The minimum Gasteiger partial charge on any atom is -0.374 e. The summed E-state index contributed by atoms with van der Waals surface area (Å²) in [5.74, 6) is 0. The van der Waals surface area contributed by atoms with Crippen molar-refractivity contribution in [3.05, 3.63) is 0 Å². The van der Waals surface area contributed by atoms with Gasteiger partial charge in [-0.05, 0) is 60.4 Å². The van der Waals surface area contributed by atoms with Crippen molar-refractivity contribution >= 4 is 21.2 Å². The highest BCUT2D eigenvalue weighted by Crippen LogP contribution is 2.23. The van der Waals surface area contributed by atoms with E-state index in [-0.39, 0.29) is 12.4 Å². The molecular formula is C43H92ClNO3Si. The Balaban J connectivity index is 0. The lowest BCUT2D eigenvalue weighted by Crippen LogP contribution is -2.47. The molecule has 0 bridgehead atoms. The lowest BCUT2D eigenvalue weighted by molar-refractivity contribution is 0.0677. The SMILES string of the molecule is CCCCCCCCCCCCCCCC(C)N(CCC[Si](OCC)(OCC)OCC)C(C)CCCCCCCCCCCCCCC.Cl. The summed E-state index contributed by atoms with van der Waals surface area (Å²) in [6.45, 7) is 19.0. The van der Waals surface area contributed by atoms with E-state index in [4.69, 9.17) is 13.3 Å². The van der Waals surface area contributed by atoms with Gasteiger partial charge in [0.2, 0.25) is 0 Å². The van der Waals surface area contributed by atoms with E-state index in [1.54, 1.807) is 0 Å². The number of hydrogen-bond acceptors (Lipinski definition) is 4. The van der Waals surface area contributed by atoms with Gasteiger partial charge < -0.3 is 13.3 Å². The van der Waals surface area contributed by atoms with E-state index in [9.17, 15) is 0 Å². The van der Waals surface area contributed by atoms with Gasteiger partial charge in [-0.25, -0.2) is 0 Å². The molecule has 49 heavy (non-hydrogen) atoms. The maximum atomic E-state index is 6.19. The normalized spacial score (nSPS) is 13.2. The summed E-state index contributed by atoms with van der Waals surface area (Å²) < 4.78 is 18.6. The summed E-state index contributed by atoms with van der Waals surface area (Å²) in [6.07, 6.45) is 40.9. The van der Waals surface area contributed by atoms with E-state index in [1.165, 1.54) is 180 Å². The van der Waals surface area contributed by atoms with E-state index >= 15 is 0 Å². The molecule has 0 aromatic carbocycles. The number of halogens is 1. The molecule has 2 unspecified atom stereocenters. The zero-order valence-corrected chi connectivity index (χ0v) is 36.6. The molecule has 4 nitrogen and oxygen atoms in total. The summed E-state index contributed by atoms with van der Waals surface area (Å²) in [5, 5.41) is 0. The Labute approximate surface area is 317 Å². The second-order valence-corrected chi connectivity index (χ2v) is 17.8. The van der Waals surface area contributed by atoms with Crippen molar-refractivity contribution in [2.75, 3.05) is 26.4 Å². The second kappa shape index (κ2) is 39.6. The summed E-state index contributed by atoms with van der Waals surface area (Å²) in [6, 6.07) is 2.20. The average Bonchev–Trinajstić information content (AvgIpc) is 3.07. The predicted octanol–water partition coefficient (Wildman–Crippen LogP) is 14.9. The van der Waals surface area contributed by atoms with Crippen LogP contribution in [0.1, 0.15) is 235 Å². The molecule has 0 radical (unpaired) electrons. The minimum absolute atomic E-state index is 0. The number of rotatable bonds is 40. The molecule has 298 valence electrons. The van der Waals surface area contributed by atoms with Crippen molar-refractivity contribution in [3.8, 4) is 0 Å². The zero-order chi connectivity index (χ0) is 35.4. The van der Waals surface area contributed by atoms with Gasteiger partial charge in [-0.15, -0.1) is 12.4 Å². The number of hydrogen-bond donors (Lipinski definition) is 0. The molecule has 0 N–H and O–H groups in total. The predicted molar refractivity (Wildman–Crippen MR) is 224 cm³/mol. The lowest BCUT2D eigenvalue weighted by atomic mass is 10.0. The standard InChI is InChI=1S/C43H91NO3Si.ClH/c1-8-13-15-17-19-21-23-25-27-29-31-33-35-38-42(6)44(40-37-41-48(45-10-3,46-11-4)47-12-5)43(7)39-36-34-32-30-28-26-24-22-20-18-16-14-9-2;/h42-43H,8-41H2,1-7H3;1H. The molecular weight excluding hydrogens is 642 g/mol. The van der Waals surface area contributed by atoms with Crippen LogP contribution in [0.3, 0.4) is 0 Å². The van der Waals surface area contributed by atoms with Crippen LogP contribution in [-0.4, -0.2) is 52.2 Å². The van der Waals surface area contributed by atoms with Crippen LogP contribution in [0.2, 0.25) is 6.04 Å². The Morgan fingerprint density at radius 2 is 0.653 bits per heavy atom. The van der Waals surface area contributed by atoms with Crippen LogP contribution < -0.4 is 0 Å². The Kier molecular flexibility index (Phi) is 41.5. The fourth-order valence-corrected chi connectivity index (χ4v) is 10.2. The molecule has 0 aliphatic heterocycles. The van der Waals surface area contributed by atoms with Gasteiger partial charge in [-0.2, -0.15) is 0 Å². The van der Waals surface area contributed by atoms with Gasteiger partial charge in [0.25, 0.3) is 0 Å². The molecule has 0 saturated heterocycles. The third-order valence-corrected chi connectivity index (χ3v) is 13.7. The quantitative estimate of drug-likeness (QED) is 0.0463. The molecule has 0 fully saturated rings. The van der Waals surface area contributed by atoms with Crippen LogP contribution in [0, 0.1) is 0 Å². The first-order valence-electron chi connectivity index (χ1n) is 22.2. The second-order valence-electron chi connectivity index (χ2n) is 15.1. The van der Waals surface area contributed by atoms with Gasteiger partial charge >= 0.3 is 8.80 Å². The van der Waals surface area contributed by atoms with Crippen molar-refractivity contribution in [2.24, 2.45) is 0 Å². The molecule has 6 heteroatoms. The maximum Gasteiger partial charge on any atom is 0.500 e. The van der Waals surface area contributed by atoms with Crippen molar-refractivity contribution in [1.82, 2.24) is 4.90 Å². The van der Waals surface area contributed by atoms with Crippen molar-refractivity contribution < 1.29 is 13.3 Å². The molecule has 2 atom stereocenters. The van der Waals surface area contributed by atoms with Gasteiger partial charge in [0.05, 0.1) is 0 Å². The molecule has 0 heterocycles. The van der Waals surface area contributed by atoms with Crippen molar-refractivity contribution in [3.63, 3.8) is 0 Å². The van der Waals surface area contributed by atoms with Gasteiger partial charge in [-0.3, -0.25) is 4.90 Å². The Bertz CT molecular complexity index is 575. The highest BCUT2D eigenvalue weighted by atomic mass is 35.5. The molecule has 0 aromatic heterocycles. The van der Waals surface area contributed by atoms with Crippen LogP contribution >= 0.6 is 12.4 Å². The lowest BCUT2D eigenvalue weighted by Gasteiger charge is -2.36. The first-order valence-corrected chi connectivity index (χ1v) is 24.1. The largest absolute Gasteiger partial charge is 0.500 e. The molecule has 0 spiro atoms. The molecule has 0 saturated carbocycles. The molecule has 0 rings (SSSR count). The average molecular weight is 735 g/mol. The first kappa shape index (κ1) is 51.5. The summed E-state index contributed by atoms with van der Waals surface area (Å²) in [4.78, 5) is 2.84. The minimum atomic E-state index is -2.58.